The molecule has 0 amide bonds. The maximum Gasteiger partial charge on any atom is 0.239 e. The minimum Gasteiger partial charge on any atom is -0.250 e. The van der Waals surface area contributed by atoms with Gasteiger partial charge < -0.3 is 0 Å². The van der Waals surface area contributed by atoms with E-state index >= 15 is 0 Å². The number of hydrogen-bond acceptors (Lipinski definition) is 5. The van der Waals surface area contributed by atoms with Gasteiger partial charge in [0, 0.05) is 17.6 Å². The highest BCUT2D eigenvalue weighted by molar-refractivity contribution is 7.93. The molecule has 2 aromatic rings. The summed E-state index contributed by atoms with van der Waals surface area (Å²) in [6, 6.07) is 17.4. The Balaban J connectivity index is 2.95. The van der Waals surface area contributed by atoms with Crippen LogP contribution in [-0.2, 0) is 20.0 Å². The summed E-state index contributed by atoms with van der Waals surface area (Å²) in [7, 11) is -7.68. The van der Waals surface area contributed by atoms with Crippen LogP contribution in [0.15, 0.2) is 70.6 Å². The smallest absolute Gasteiger partial charge is 0.239 e. The average molecular weight is 520 g/mol. The second-order valence-corrected chi connectivity index (χ2v) is 12.5. The maximum atomic E-state index is 13.3. The molecule has 0 heterocycles. The molecule has 0 radical (unpaired) electrons. The van der Waals surface area contributed by atoms with Crippen LogP contribution in [0.1, 0.15) is 65.5 Å². The van der Waals surface area contributed by atoms with Crippen LogP contribution in [0.25, 0.3) is 5.70 Å². The number of nitrogens with one attached hydrogen (secondary N) is 2. The number of hydrogen-bond donors (Lipinski definition) is 2. The molecule has 2 aromatic carbocycles. The van der Waals surface area contributed by atoms with Crippen LogP contribution in [-0.4, -0.2) is 39.9 Å². The van der Waals surface area contributed by atoms with Gasteiger partial charge in [0.15, 0.2) is 0 Å². The Morgan fingerprint density at radius 1 is 0.771 bits per heavy atom. The third-order valence-corrected chi connectivity index (χ3v) is 9.12. The van der Waals surface area contributed by atoms with Gasteiger partial charge in [0.05, 0.1) is 16.3 Å². The van der Waals surface area contributed by atoms with Gasteiger partial charge in [-0.1, -0.05) is 74.5 Å². The van der Waals surface area contributed by atoms with Crippen LogP contribution in [0.4, 0.5) is 0 Å². The monoisotopic (exact) mass is 519 g/mol. The number of aliphatic imine (C=N–C) groups is 1. The average Bonchev–Trinajstić information content (AvgIpc) is 2.77. The molecule has 9 heteroatoms. The number of benzene rings is 2. The molecular weight excluding hydrogens is 482 g/mol. The highest BCUT2D eigenvalue weighted by atomic mass is 32.2. The van der Waals surface area contributed by atoms with E-state index in [9.17, 15) is 16.8 Å². The molecule has 0 aliphatic heterocycles. The molecule has 2 N–H and O–H groups in total. The first-order valence-electron chi connectivity index (χ1n) is 11.9. The summed E-state index contributed by atoms with van der Waals surface area (Å²) in [5, 5.41) is -0.982. The van der Waals surface area contributed by atoms with Crippen LogP contribution in [0, 0.1) is 0 Å². The van der Waals surface area contributed by atoms with Gasteiger partial charge in [-0.3, -0.25) is 0 Å². The summed E-state index contributed by atoms with van der Waals surface area (Å²) in [5.74, 6) is 0. The quantitative estimate of drug-likeness (QED) is 0.397. The Labute approximate surface area is 210 Å². The van der Waals surface area contributed by atoms with Gasteiger partial charge in [-0.05, 0) is 46.1 Å². The Kier molecular flexibility index (Phi) is 10.4. The molecular formula is C26H37N3O4S2. The van der Waals surface area contributed by atoms with Crippen molar-refractivity contribution in [3.05, 3.63) is 76.7 Å². The lowest BCUT2D eigenvalue weighted by atomic mass is 10.0. The second kappa shape index (κ2) is 12.6. The van der Waals surface area contributed by atoms with Crippen LogP contribution >= 0.6 is 0 Å². The van der Waals surface area contributed by atoms with Gasteiger partial charge in [0.25, 0.3) is 0 Å². The van der Waals surface area contributed by atoms with Gasteiger partial charge in [-0.15, -0.1) is 0 Å². The topological polar surface area (TPSA) is 105 Å². The highest BCUT2D eigenvalue weighted by Crippen LogP contribution is 2.29. The van der Waals surface area contributed by atoms with Crippen LogP contribution in [0.2, 0.25) is 0 Å². The van der Waals surface area contributed by atoms with E-state index in [1.165, 1.54) is 0 Å². The minimum absolute atomic E-state index is 0.106. The summed E-state index contributed by atoms with van der Waals surface area (Å²) >= 11 is 0. The van der Waals surface area contributed by atoms with Crippen molar-refractivity contribution in [2.45, 2.75) is 71.7 Å². The normalized spacial score (nSPS) is 14.8. The number of rotatable bonds is 12. The van der Waals surface area contributed by atoms with E-state index in [1.54, 1.807) is 77.9 Å². The van der Waals surface area contributed by atoms with Crippen molar-refractivity contribution in [1.29, 1.82) is 0 Å². The van der Waals surface area contributed by atoms with E-state index < -0.39 is 25.3 Å². The summed E-state index contributed by atoms with van der Waals surface area (Å²) in [4.78, 5) is 4.97. The van der Waals surface area contributed by atoms with Gasteiger partial charge in [-0.2, -0.15) is 0 Å². The first-order chi connectivity index (χ1) is 16.4. The third kappa shape index (κ3) is 7.83. The predicted molar refractivity (Wildman–Crippen MR) is 145 cm³/mol. The number of nitrogens with zero attached hydrogens (tertiary/aromatic N) is 1. The fourth-order valence-electron chi connectivity index (χ4n) is 3.77. The van der Waals surface area contributed by atoms with Crippen molar-refractivity contribution in [3.63, 3.8) is 0 Å². The van der Waals surface area contributed by atoms with E-state index in [0.29, 0.717) is 16.8 Å². The van der Waals surface area contributed by atoms with E-state index in [-0.39, 0.29) is 35.5 Å². The van der Waals surface area contributed by atoms with Crippen LogP contribution in [0.5, 0.6) is 0 Å². The summed E-state index contributed by atoms with van der Waals surface area (Å²) in [6.07, 6.45) is 0.446. The third-order valence-electron chi connectivity index (χ3n) is 5.10. The lowest BCUT2D eigenvalue weighted by Gasteiger charge is -2.22. The first-order valence-corrected chi connectivity index (χ1v) is 14.9. The fraction of sp³-hybridized carbons (Fsp3) is 0.423. The van der Waals surface area contributed by atoms with Crippen molar-refractivity contribution < 1.29 is 16.8 Å². The van der Waals surface area contributed by atoms with Crippen molar-refractivity contribution >= 4 is 31.5 Å². The molecule has 0 bridgehead atoms. The van der Waals surface area contributed by atoms with E-state index in [2.05, 4.69) is 9.44 Å². The molecule has 0 saturated carbocycles. The lowest BCUT2D eigenvalue weighted by Crippen LogP contribution is -2.42. The Morgan fingerprint density at radius 2 is 1.26 bits per heavy atom. The van der Waals surface area contributed by atoms with Gasteiger partial charge in [-0.25, -0.2) is 31.3 Å². The van der Waals surface area contributed by atoms with E-state index in [4.69, 9.17) is 4.99 Å². The molecule has 35 heavy (non-hydrogen) atoms. The van der Waals surface area contributed by atoms with Gasteiger partial charge >= 0.3 is 0 Å². The standard InChI is InChI=1S/C26H37N3O4S2/c1-7-23(34(30,31)28-19(3)4)25(21-15-11-9-12-16-21)27-26(22-17-13-10-14-18-22)24(8-2)35(32,33)29-20(5)6/h9-20,23,28-29H,7-8H2,1-6H3/b26-24+,27-25?. The van der Waals surface area contributed by atoms with Gasteiger partial charge in [0.2, 0.25) is 20.0 Å². The summed E-state index contributed by atoms with van der Waals surface area (Å²) < 4.78 is 58.7. The Bertz CT molecular complexity index is 1240. The zero-order valence-corrected chi connectivity index (χ0v) is 22.9. The number of allylic oxidation sites excluding steroid dienone is 1. The van der Waals surface area contributed by atoms with Crippen molar-refractivity contribution in [2.24, 2.45) is 4.99 Å². The molecule has 0 spiro atoms. The number of sulfonamides is 2. The van der Waals surface area contributed by atoms with E-state index in [1.807, 2.05) is 24.3 Å². The molecule has 7 nitrogen and oxygen atoms in total. The molecule has 0 aliphatic carbocycles. The van der Waals surface area contributed by atoms with Crippen LogP contribution in [0.3, 0.4) is 0 Å². The Hall–Kier alpha value is -2.33. The van der Waals surface area contributed by atoms with Crippen molar-refractivity contribution in [1.82, 2.24) is 9.44 Å². The van der Waals surface area contributed by atoms with Crippen molar-refractivity contribution in [2.75, 3.05) is 0 Å². The predicted octanol–water partition coefficient (Wildman–Crippen LogP) is 4.69. The largest absolute Gasteiger partial charge is 0.250 e. The van der Waals surface area contributed by atoms with E-state index in [0.717, 1.165) is 0 Å². The maximum absolute atomic E-state index is 13.3. The molecule has 0 fully saturated rings. The molecule has 0 aliphatic rings. The molecule has 0 aromatic heterocycles. The summed E-state index contributed by atoms with van der Waals surface area (Å²) in [5.41, 5.74) is 1.74. The van der Waals surface area contributed by atoms with Crippen LogP contribution < -0.4 is 9.44 Å². The molecule has 192 valence electrons. The van der Waals surface area contributed by atoms with Gasteiger partial charge in [0.1, 0.15) is 5.25 Å². The molecule has 1 unspecified atom stereocenters. The molecule has 0 saturated heterocycles. The first kappa shape index (κ1) is 28.9. The minimum atomic E-state index is -3.88. The van der Waals surface area contributed by atoms with Crippen molar-refractivity contribution in [3.8, 4) is 0 Å². The Morgan fingerprint density at radius 3 is 1.69 bits per heavy atom. The highest BCUT2D eigenvalue weighted by Gasteiger charge is 2.32. The zero-order valence-electron chi connectivity index (χ0n) is 21.3. The molecule has 2 rings (SSSR count). The summed E-state index contributed by atoms with van der Waals surface area (Å²) in [6.45, 7) is 10.6. The SMILES string of the molecule is CC/C(=C(\N=C(c1ccccc1)C(CC)S(=O)(=O)NC(C)C)c1ccccc1)S(=O)(=O)NC(C)C. The fourth-order valence-corrected chi connectivity index (χ4v) is 7.08. The molecule has 1 atom stereocenters. The zero-order chi connectivity index (χ0) is 26.2. The second-order valence-electron chi connectivity index (χ2n) is 8.84. The lowest BCUT2D eigenvalue weighted by molar-refractivity contribution is 0.562.